The van der Waals surface area contributed by atoms with Crippen LogP contribution in [-0.2, 0) is 0 Å². The summed E-state index contributed by atoms with van der Waals surface area (Å²) in [6.45, 7) is 2.23. The zero-order chi connectivity index (χ0) is 8.39. The van der Waals surface area contributed by atoms with Gasteiger partial charge < -0.3 is 5.32 Å². The molecule has 1 aromatic rings. The van der Waals surface area contributed by atoms with E-state index in [1.807, 2.05) is 6.20 Å². The fourth-order valence-corrected chi connectivity index (χ4v) is 1.98. The average molecular weight is 277 g/mol. The maximum atomic E-state index is 4.31. The molecule has 1 atom stereocenters. The summed E-state index contributed by atoms with van der Waals surface area (Å²) in [5.41, 5.74) is 0. The topological polar surface area (TPSA) is 29.9 Å². The van der Waals surface area contributed by atoms with E-state index in [0.29, 0.717) is 6.04 Å². The Balaban J connectivity index is 2.08. The van der Waals surface area contributed by atoms with Gasteiger partial charge in [0.25, 0.3) is 0 Å². The van der Waals surface area contributed by atoms with Crippen molar-refractivity contribution in [3.63, 3.8) is 0 Å². The third-order valence-corrected chi connectivity index (χ3v) is 2.77. The molecule has 0 radical (unpaired) electrons. The zero-order valence-corrected chi connectivity index (χ0v) is 8.99. The van der Waals surface area contributed by atoms with E-state index in [4.69, 9.17) is 0 Å². The van der Waals surface area contributed by atoms with Crippen molar-refractivity contribution < 1.29 is 0 Å². The van der Waals surface area contributed by atoms with Crippen LogP contribution in [-0.4, -0.2) is 22.9 Å². The zero-order valence-electron chi connectivity index (χ0n) is 6.83. The smallest absolute Gasteiger partial charge is 0.0644 e. The van der Waals surface area contributed by atoms with Gasteiger partial charge in [0.15, 0.2) is 0 Å². The van der Waals surface area contributed by atoms with Crippen LogP contribution in [0.15, 0.2) is 12.4 Å². The van der Waals surface area contributed by atoms with Crippen LogP contribution >= 0.6 is 22.6 Å². The van der Waals surface area contributed by atoms with Gasteiger partial charge in [0, 0.05) is 12.7 Å². The average Bonchev–Trinajstić information content (AvgIpc) is 2.54. The van der Waals surface area contributed by atoms with Crippen molar-refractivity contribution in [1.29, 1.82) is 0 Å². The van der Waals surface area contributed by atoms with Crippen molar-refractivity contribution in [3.05, 3.63) is 16.0 Å². The molecule has 4 heteroatoms. The number of nitrogens with one attached hydrogen (secondary N) is 1. The second-order valence-corrected chi connectivity index (χ2v) is 4.38. The highest BCUT2D eigenvalue weighted by atomic mass is 127. The monoisotopic (exact) mass is 277 g/mol. The van der Waals surface area contributed by atoms with E-state index in [0.717, 1.165) is 13.1 Å². The molecular formula is C8H12IN3. The molecule has 1 fully saturated rings. The number of aromatic nitrogens is 2. The Morgan fingerprint density at radius 3 is 3.17 bits per heavy atom. The fourth-order valence-electron chi connectivity index (χ4n) is 1.57. The second kappa shape index (κ2) is 3.74. The number of hydrogen-bond donors (Lipinski definition) is 1. The van der Waals surface area contributed by atoms with Crippen molar-refractivity contribution in [2.75, 3.05) is 13.1 Å². The summed E-state index contributed by atoms with van der Waals surface area (Å²) < 4.78 is 3.30. The maximum Gasteiger partial charge on any atom is 0.0644 e. The summed E-state index contributed by atoms with van der Waals surface area (Å²) >= 11 is 2.29. The van der Waals surface area contributed by atoms with Gasteiger partial charge in [0.2, 0.25) is 0 Å². The normalized spacial score (nSPS) is 24.2. The Labute approximate surface area is 85.7 Å². The van der Waals surface area contributed by atoms with E-state index in [1.165, 1.54) is 16.4 Å². The minimum Gasteiger partial charge on any atom is -0.315 e. The fraction of sp³-hybridized carbons (Fsp3) is 0.625. The van der Waals surface area contributed by atoms with E-state index in [1.54, 1.807) is 0 Å². The maximum absolute atomic E-state index is 4.31. The third kappa shape index (κ3) is 1.80. The molecule has 1 aliphatic rings. The lowest BCUT2D eigenvalue weighted by Crippen LogP contribution is -2.31. The van der Waals surface area contributed by atoms with E-state index in [2.05, 4.69) is 43.9 Å². The number of piperidine rings is 1. The van der Waals surface area contributed by atoms with Crippen LogP contribution in [0, 0.1) is 3.57 Å². The molecule has 2 heterocycles. The lowest BCUT2D eigenvalue weighted by molar-refractivity contribution is 0.346. The molecular weight excluding hydrogens is 265 g/mol. The van der Waals surface area contributed by atoms with Crippen LogP contribution in [0.4, 0.5) is 0 Å². The third-order valence-electron chi connectivity index (χ3n) is 2.21. The van der Waals surface area contributed by atoms with Crippen LogP contribution in [0.2, 0.25) is 0 Å². The minimum absolute atomic E-state index is 0.572. The molecule has 1 N–H and O–H groups in total. The molecule has 3 nitrogen and oxygen atoms in total. The lowest BCUT2D eigenvalue weighted by Gasteiger charge is -2.22. The Hall–Kier alpha value is -0.100. The number of rotatable bonds is 1. The highest BCUT2D eigenvalue weighted by molar-refractivity contribution is 14.1. The van der Waals surface area contributed by atoms with E-state index >= 15 is 0 Å². The first-order chi connectivity index (χ1) is 5.86. The van der Waals surface area contributed by atoms with Crippen molar-refractivity contribution >= 4 is 22.6 Å². The summed E-state index contributed by atoms with van der Waals surface area (Å²) in [5.74, 6) is 0. The Morgan fingerprint density at radius 2 is 2.58 bits per heavy atom. The van der Waals surface area contributed by atoms with Crippen molar-refractivity contribution in [2.45, 2.75) is 18.9 Å². The summed E-state index contributed by atoms with van der Waals surface area (Å²) in [6, 6.07) is 0.572. The van der Waals surface area contributed by atoms with Gasteiger partial charge in [-0.2, -0.15) is 5.10 Å². The molecule has 1 aromatic heterocycles. The number of hydrogen-bond acceptors (Lipinski definition) is 2. The highest BCUT2D eigenvalue weighted by Gasteiger charge is 2.14. The molecule has 0 amide bonds. The van der Waals surface area contributed by atoms with Gasteiger partial charge in [0.05, 0.1) is 15.8 Å². The van der Waals surface area contributed by atoms with Crippen LogP contribution in [0.3, 0.4) is 0 Å². The SMILES string of the molecule is Ic1cnn(C2CCCNC2)c1. The number of halogens is 1. The number of nitrogens with zero attached hydrogens (tertiary/aromatic N) is 2. The van der Waals surface area contributed by atoms with Gasteiger partial charge in [-0.3, -0.25) is 4.68 Å². The molecule has 1 unspecified atom stereocenters. The molecule has 0 aromatic carbocycles. The standard InChI is InChI=1S/C8H12IN3/c9-7-4-11-12(6-7)8-2-1-3-10-5-8/h4,6,8,10H,1-3,5H2. The largest absolute Gasteiger partial charge is 0.315 e. The van der Waals surface area contributed by atoms with Crippen molar-refractivity contribution in [3.8, 4) is 0 Å². The molecule has 12 heavy (non-hydrogen) atoms. The summed E-state index contributed by atoms with van der Waals surface area (Å²) in [5, 5.41) is 7.69. The molecule has 66 valence electrons. The van der Waals surface area contributed by atoms with Gasteiger partial charge in [-0.25, -0.2) is 0 Å². The summed E-state index contributed by atoms with van der Waals surface area (Å²) in [4.78, 5) is 0. The Morgan fingerprint density at radius 1 is 1.67 bits per heavy atom. The first kappa shape index (κ1) is 8.50. The van der Waals surface area contributed by atoms with Crippen LogP contribution in [0.1, 0.15) is 18.9 Å². The molecule has 0 bridgehead atoms. The first-order valence-electron chi connectivity index (χ1n) is 4.26. The molecule has 1 saturated heterocycles. The van der Waals surface area contributed by atoms with Gasteiger partial charge in [0.1, 0.15) is 0 Å². The van der Waals surface area contributed by atoms with E-state index in [9.17, 15) is 0 Å². The molecule has 2 rings (SSSR count). The van der Waals surface area contributed by atoms with Gasteiger partial charge >= 0.3 is 0 Å². The van der Waals surface area contributed by atoms with Crippen molar-refractivity contribution in [2.24, 2.45) is 0 Å². The van der Waals surface area contributed by atoms with Gasteiger partial charge in [-0.15, -0.1) is 0 Å². The Kier molecular flexibility index (Phi) is 2.65. The Bertz CT molecular complexity index is 253. The van der Waals surface area contributed by atoms with Crippen LogP contribution < -0.4 is 5.32 Å². The van der Waals surface area contributed by atoms with Crippen molar-refractivity contribution in [1.82, 2.24) is 15.1 Å². The van der Waals surface area contributed by atoms with E-state index < -0.39 is 0 Å². The van der Waals surface area contributed by atoms with E-state index in [-0.39, 0.29) is 0 Å². The summed E-state index contributed by atoms with van der Waals surface area (Å²) in [6.07, 6.45) is 6.54. The van der Waals surface area contributed by atoms with Gasteiger partial charge in [-0.05, 0) is 42.0 Å². The lowest BCUT2D eigenvalue weighted by atomic mass is 10.1. The van der Waals surface area contributed by atoms with Crippen LogP contribution in [0.5, 0.6) is 0 Å². The quantitative estimate of drug-likeness (QED) is 0.787. The predicted octanol–water partition coefficient (Wildman–Crippen LogP) is 1.41. The second-order valence-electron chi connectivity index (χ2n) is 3.14. The predicted molar refractivity (Wildman–Crippen MR) is 56.1 cm³/mol. The first-order valence-corrected chi connectivity index (χ1v) is 5.34. The summed E-state index contributed by atoms with van der Waals surface area (Å²) in [7, 11) is 0. The van der Waals surface area contributed by atoms with Crippen LogP contribution in [0.25, 0.3) is 0 Å². The van der Waals surface area contributed by atoms with Gasteiger partial charge in [-0.1, -0.05) is 0 Å². The highest BCUT2D eigenvalue weighted by Crippen LogP contribution is 2.16. The molecule has 0 spiro atoms. The molecule has 0 saturated carbocycles. The molecule has 1 aliphatic heterocycles. The minimum atomic E-state index is 0.572. The molecule has 0 aliphatic carbocycles.